The molecule has 0 saturated heterocycles. The quantitative estimate of drug-likeness (QED) is 0.323. The maximum absolute atomic E-state index is 10.4. The van der Waals surface area contributed by atoms with Crippen molar-refractivity contribution in [2.24, 2.45) is 0 Å². The molecule has 0 bridgehead atoms. The average Bonchev–Trinajstić information content (AvgIpc) is 1.85. The summed E-state index contributed by atoms with van der Waals surface area (Å²) < 4.78 is 31.3. The molecule has 74 valence electrons. The molecule has 4 nitrogen and oxygen atoms in total. The Labute approximate surface area is 102 Å². The molecule has 0 saturated carbocycles. The molecule has 0 aromatic rings. The first-order valence-corrected chi connectivity index (χ1v) is 5.40. The number of unbranched alkanes of at least 4 members (excludes halogenated alkanes) is 2. The summed E-state index contributed by atoms with van der Waals surface area (Å²) >= 11 is 0. The molecule has 0 aromatic carbocycles. The van der Waals surface area contributed by atoms with Gasteiger partial charge in [-0.1, -0.05) is 19.8 Å². The van der Waals surface area contributed by atoms with Gasteiger partial charge in [-0.25, -0.2) is 8.42 Å². The van der Waals surface area contributed by atoms with Crippen LogP contribution in [0.5, 0.6) is 0 Å². The SMILES string of the molecule is CCCCCC(C)(O)S(=O)(=O)[O-].[Na+]. The van der Waals surface area contributed by atoms with Crippen molar-refractivity contribution in [2.75, 3.05) is 0 Å². The summed E-state index contributed by atoms with van der Waals surface area (Å²) in [5, 5.41) is 9.18. The van der Waals surface area contributed by atoms with Gasteiger partial charge in [-0.2, -0.15) is 0 Å². The minimum Gasteiger partial charge on any atom is -0.746 e. The predicted octanol–water partition coefficient (Wildman–Crippen LogP) is -2.18. The molecule has 0 fully saturated rings. The number of aliphatic hydroxyl groups is 1. The molecule has 13 heavy (non-hydrogen) atoms. The van der Waals surface area contributed by atoms with Crippen molar-refractivity contribution in [1.82, 2.24) is 0 Å². The Morgan fingerprint density at radius 2 is 1.85 bits per heavy atom. The molecule has 1 N–H and O–H groups in total. The normalized spacial score (nSPS) is 16.0. The van der Waals surface area contributed by atoms with E-state index in [9.17, 15) is 18.1 Å². The predicted molar refractivity (Wildman–Crippen MR) is 44.5 cm³/mol. The molecule has 1 atom stereocenters. The van der Waals surface area contributed by atoms with E-state index in [-0.39, 0.29) is 36.0 Å². The van der Waals surface area contributed by atoms with Crippen LogP contribution in [0.15, 0.2) is 0 Å². The molecule has 0 rings (SSSR count). The molecular weight excluding hydrogens is 203 g/mol. The van der Waals surface area contributed by atoms with Gasteiger partial charge in [-0.15, -0.1) is 0 Å². The van der Waals surface area contributed by atoms with E-state index in [1.54, 1.807) is 0 Å². The van der Waals surface area contributed by atoms with Crippen LogP contribution in [-0.2, 0) is 10.1 Å². The second-order valence-corrected chi connectivity index (χ2v) is 4.87. The van der Waals surface area contributed by atoms with Gasteiger partial charge in [0.2, 0.25) is 0 Å². The third-order valence-electron chi connectivity index (χ3n) is 1.78. The van der Waals surface area contributed by atoms with Crippen LogP contribution >= 0.6 is 0 Å². The minimum absolute atomic E-state index is 0. The van der Waals surface area contributed by atoms with Gasteiger partial charge in [0.1, 0.15) is 10.1 Å². The third kappa shape index (κ3) is 6.04. The van der Waals surface area contributed by atoms with Crippen molar-refractivity contribution < 1.29 is 47.6 Å². The van der Waals surface area contributed by atoms with Crippen LogP contribution in [0, 0.1) is 0 Å². The summed E-state index contributed by atoms with van der Waals surface area (Å²) in [5.41, 5.74) is 0. The van der Waals surface area contributed by atoms with Gasteiger partial charge in [0.15, 0.2) is 4.93 Å². The van der Waals surface area contributed by atoms with E-state index in [0.29, 0.717) is 6.42 Å². The molecule has 6 heteroatoms. The molecule has 0 aliphatic carbocycles. The Balaban J connectivity index is 0. The number of hydrogen-bond acceptors (Lipinski definition) is 4. The Kier molecular flexibility index (Phi) is 7.99. The minimum atomic E-state index is -4.58. The first kappa shape index (κ1) is 16.3. The van der Waals surface area contributed by atoms with Gasteiger partial charge in [-0.3, -0.25) is 0 Å². The largest absolute Gasteiger partial charge is 1.00 e. The molecular formula is C7H15NaO4S. The zero-order chi connectivity index (χ0) is 9.83. The van der Waals surface area contributed by atoms with E-state index >= 15 is 0 Å². The second kappa shape index (κ2) is 6.37. The van der Waals surface area contributed by atoms with Crippen LogP contribution in [0.25, 0.3) is 0 Å². The average molecular weight is 218 g/mol. The first-order chi connectivity index (χ1) is 5.31. The van der Waals surface area contributed by atoms with E-state index < -0.39 is 15.1 Å². The standard InChI is InChI=1S/C7H16O4S.Na/c1-3-4-5-6-7(2,8)12(9,10)11;/h8H,3-6H2,1-2H3,(H,9,10,11);/q;+1/p-1. The first-order valence-electron chi connectivity index (χ1n) is 3.99. The smallest absolute Gasteiger partial charge is 0.746 e. The molecule has 1 unspecified atom stereocenters. The molecule has 0 heterocycles. The van der Waals surface area contributed by atoms with Crippen LogP contribution in [0.4, 0.5) is 0 Å². The van der Waals surface area contributed by atoms with Crippen LogP contribution in [-0.4, -0.2) is 23.0 Å². The number of hydrogen-bond donors (Lipinski definition) is 1. The van der Waals surface area contributed by atoms with Crippen LogP contribution in [0.1, 0.15) is 39.5 Å². The molecule has 0 aromatic heterocycles. The van der Waals surface area contributed by atoms with Crippen molar-refractivity contribution in [3.8, 4) is 0 Å². The van der Waals surface area contributed by atoms with E-state index in [1.807, 2.05) is 6.92 Å². The van der Waals surface area contributed by atoms with Crippen molar-refractivity contribution >= 4 is 10.1 Å². The monoisotopic (exact) mass is 218 g/mol. The Hall–Kier alpha value is 0.870. The molecule has 0 radical (unpaired) electrons. The van der Waals surface area contributed by atoms with Gasteiger partial charge in [0.05, 0.1) is 0 Å². The second-order valence-electron chi connectivity index (χ2n) is 3.09. The van der Waals surface area contributed by atoms with Crippen molar-refractivity contribution in [2.45, 2.75) is 44.5 Å². The van der Waals surface area contributed by atoms with E-state index in [2.05, 4.69) is 0 Å². The fourth-order valence-electron chi connectivity index (χ4n) is 0.828. The van der Waals surface area contributed by atoms with Crippen molar-refractivity contribution in [3.63, 3.8) is 0 Å². The summed E-state index contributed by atoms with van der Waals surface area (Å²) in [4.78, 5) is -2.10. The van der Waals surface area contributed by atoms with E-state index in [0.717, 1.165) is 19.8 Å². The molecule has 0 amide bonds. The summed E-state index contributed by atoms with van der Waals surface area (Å²) in [7, 11) is -4.58. The van der Waals surface area contributed by atoms with Crippen molar-refractivity contribution in [3.05, 3.63) is 0 Å². The summed E-state index contributed by atoms with van der Waals surface area (Å²) in [6, 6.07) is 0. The van der Waals surface area contributed by atoms with E-state index in [1.165, 1.54) is 0 Å². The summed E-state index contributed by atoms with van der Waals surface area (Å²) in [6.07, 6.45) is 2.33. The van der Waals surface area contributed by atoms with Crippen LogP contribution in [0.3, 0.4) is 0 Å². The Morgan fingerprint density at radius 1 is 1.38 bits per heavy atom. The van der Waals surface area contributed by atoms with Gasteiger partial charge < -0.3 is 9.66 Å². The van der Waals surface area contributed by atoms with E-state index in [4.69, 9.17) is 0 Å². The van der Waals surface area contributed by atoms with Crippen LogP contribution < -0.4 is 29.6 Å². The van der Waals surface area contributed by atoms with Gasteiger partial charge in [0, 0.05) is 0 Å². The van der Waals surface area contributed by atoms with Crippen molar-refractivity contribution in [1.29, 1.82) is 0 Å². The maximum atomic E-state index is 10.4. The molecule has 0 aliphatic heterocycles. The fraction of sp³-hybridized carbons (Fsp3) is 1.00. The van der Waals surface area contributed by atoms with Gasteiger partial charge in [-0.05, 0) is 19.8 Å². The molecule has 0 spiro atoms. The fourth-order valence-corrected chi connectivity index (χ4v) is 1.22. The number of rotatable bonds is 5. The zero-order valence-corrected chi connectivity index (χ0v) is 11.2. The third-order valence-corrected chi connectivity index (χ3v) is 3.06. The zero-order valence-electron chi connectivity index (χ0n) is 8.41. The Bertz CT molecular complexity index is 223. The maximum Gasteiger partial charge on any atom is 1.00 e. The van der Waals surface area contributed by atoms with Gasteiger partial charge >= 0.3 is 29.6 Å². The van der Waals surface area contributed by atoms with Gasteiger partial charge in [0.25, 0.3) is 0 Å². The van der Waals surface area contributed by atoms with Crippen LogP contribution in [0.2, 0.25) is 0 Å². The molecule has 0 aliphatic rings. The summed E-state index contributed by atoms with van der Waals surface area (Å²) in [6.45, 7) is 3.01. The topological polar surface area (TPSA) is 77.4 Å². The Morgan fingerprint density at radius 3 is 2.15 bits per heavy atom. The summed E-state index contributed by atoms with van der Waals surface area (Å²) in [5.74, 6) is 0.